The van der Waals surface area contributed by atoms with Crippen molar-refractivity contribution >= 4 is 5.91 Å². The molecule has 1 heterocycles. The van der Waals surface area contributed by atoms with E-state index in [1.54, 1.807) is 0 Å². The minimum Gasteiger partial charge on any atom is -0.371 e. The monoisotopic (exact) mass is 330 g/mol. The Bertz CT molecular complexity index is 530. The predicted octanol–water partition coefficient (Wildman–Crippen LogP) is 2.92. The van der Waals surface area contributed by atoms with E-state index in [4.69, 9.17) is 4.74 Å². The number of likely N-dealkylation sites (N-methyl/N-ethyl adjacent to an activating group) is 1. The molecule has 132 valence electrons. The summed E-state index contributed by atoms with van der Waals surface area (Å²) in [5.41, 5.74) is 1.36. The van der Waals surface area contributed by atoms with Crippen molar-refractivity contribution in [2.75, 3.05) is 26.8 Å². The molecule has 2 fully saturated rings. The maximum atomic E-state index is 12.3. The highest BCUT2D eigenvalue weighted by Gasteiger charge is 2.30. The largest absolute Gasteiger partial charge is 0.371 e. The van der Waals surface area contributed by atoms with E-state index >= 15 is 0 Å². The van der Waals surface area contributed by atoms with Crippen LogP contribution in [-0.4, -0.2) is 54.6 Å². The van der Waals surface area contributed by atoms with Crippen LogP contribution in [0.3, 0.4) is 0 Å². The average molecular weight is 330 g/mol. The van der Waals surface area contributed by atoms with Crippen molar-refractivity contribution < 1.29 is 9.53 Å². The lowest BCUT2D eigenvalue weighted by Gasteiger charge is -2.41. The summed E-state index contributed by atoms with van der Waals surface area (Å²) in [4.78, 5) is 16.8. The van der Waals surface area contributed by atoms with Crippen molar-refractivity contribution in [1.29, 1.82) is 0 Å². The Hall–Kier alpha value is -1.39. The highest BCUT2D eigenvalue weighted by atomic mass is 16.5. The third-order valence-electron chi connectivity index (χ3n) is 5.43. The van der Waals surface area contributed by atoms with Crippen LogP contribution in [0, 0.1) is 5.92 Å². The van der Waals surface area contributed by atoms with E-state index < -0.39 is 0 Å². The summed E-state index contributed by atoms with van der Waals surface area (Å²) in [6.45, 7) is 5.31. The van der Waals surface area contributed by atoms with Crippen LogP contribution >= 0.6 is 0 Å². The number of carbonyl (C=O) groups excluding carboxylic acids is 1. The minimum atomic E-state index is 0.129. The van der Waals surface area contributed by atoms with Gasteiger partial charge in [0.05, 0.1) is 6.61 Å². The summed E-state index contributed by atoms with van der Waals surface area (Å²) in [6.07, 6.45) is 4.61. The molecule has 4 nitrogen and oxygen atoms in total. The minimum absolute atomic E-state index is 0.129. The van der Waals surface area contributed by atoms with E-state index in [2.05, 4.69) is 42.2 Å². The van der Waals surface area contributed by atoms with E-state index in [1.165, 1.54) is 18.4 Å². The molecular formula is C20H30N2O2. The van der Waals surface area contributed by atoms with Crippen molar-refractivity contribution in [2.24, 2.45) is 5.92 Å². The zero-order valence-corrected chi connectivity index (χ0v) is 15.0. The van der Waals surface area contributed by atoms with Gasteiger partial charge in [-0.05, 0) is 44.1 Å². The van der Waals surface area contributed by atoms with Gasteiger partial charge in [-0.3, -0.25) is 9.69 Å². The zero-order chi connectivity index (χ0) is 16.9. The number of hydrogen-bond donors (Lipinski definition) is 0. The normalized spacial score (nSPS) is 24.8. The first-order chi connectivity index (χ1) is 11.6. The molecule has 1 aromatic rings. The van der Waals surface area contributed by atoms with Crippen LogP contribution in [0.1, 0.15) is 38.2 Å². The fourth-order valence-corrected chi connectivity index (χ4v) is 3.50. The van der Waals surface area contributed by atoms with Crippen LogP contribution < -0.4 is 0 Å². The highest BCUT2D eigenvalue weighted by Crippen LogP contribution is 2.29. The van der Waals surface area contributed by atoms with E-state index in [0.29, 0.717) is 18.0 Å². The van der Waals surface area contributed by atoms with E-state index in [-0.39, 0.29) is 12.5 Å². The Labute approximate surface area is 145 Å². The molecule has 0 aromatic heterocycles. The van der Waals surface area contributed by atoms with Gasteiger partial charge in [-0.25, -0.2) is 0 Å². The van der Waals surface area contributed by atoms with Gasteiger partial charge < -0.3 is 9.64 Å². The maximum absolute atomic E-state index is 12.3. The van der Waals surface area contributed by atoms with Gasteiger partial charge in [-0.15, -0.1) is 0 Å². The van der Waals surface area contributed by atoms with Crippen LogP contribution in [0.15, 0.2) is 30.3 Å². The molecule has 1 aliphatic heterocycles. The molecule has 1 saturated heterocycles. The zero-order valence-electron chi connectivity index (χ0n) is 15.0. The second-order valence-electron chi connectivity index (χ2n) is 7.45. The third-order valence-corrected chi connectivity index (χ3v) is 5.43. The molecule has 0 unspecified atom stereocenters. The average Bonchev–Trinajstić information content (AvgIpc) is 3.41. The first kappa shape index (κ1) is 17.4. The van der Waals surface area contributed by atoms with Gasteiger partial charge in [-0.2, -0.15) is 0 Å². The van der Waals surface area contributed by atoms with E-state index in [0.717, 1.165) is 32.5 Å². The molecule has 2 atom stereocenters. The molecule has 1 saturated carbocycles. The molecule has 3 rings (SSSR count). The summed E-state index contributed by atoms with van der Waals surface area (Å²) >= 11 is 0. The fourth-order valence-electron chi connectivity index (χ4n) is 3.50. The lowest BCUT2D eigenvalue weighted by molar-refractivity contribution is -0.138. The van der Waals surface area contributed by atoms with Crippen LogP contribution in [0.4, 0.5) is 0 Å². The number of nitrogens with zero attached hydrogens (tertiary/aromatic N) is 2. The summed E-state index contributed by atoms with van der Waals surface area (Å²) in [6, 6.07) is 11.5. The number of likely N-dealkylation sites (tertiary alicyclic amines) is 1. The lowest BCUT2D eigenvalue weighted by atomic mass is 9.96. The molecule has 0 spiro atoms. The highest BCUT2D eigenvalue weighted by molar-refractivity contribution is 5.77. The molecule has 24 heavy (non-hydrogen) atoms. The number of hydrogen-bond acceptors (Lipinski definition) is 3. The number of carbonyl (C=O) groups is 1. The molecule has 1 aliphatic carbocycles. The summed E-state index contributed by atoms with van der Waals surface area (Å²) in [7, 11) is 1.94. The molecule has 0 N–H and O–H groups in total. The first-order valence-corrected chi connectivity index (χ1v) is 9.25. The number of rotatable bonds is 7. The molecule has 4 heteroatoms. The Morgan fingerprint density at radius 1 is 1.25 bits per heavy atom. The second kappa shape index (κ2) is 8.13. The standard InChI is InChI=1S/C20H30N2O2/c1-16-12-19(21(2)20(23)15-24-14-18-8-9-18)10-11-22(16)13-17-6-4-3-5-7-17/h3-7,16,18-19H,8-15H2,1-2H3/t16-,19+/m1/s1. The summed E-state index contributed by atoms with van der Waals surface area (Å²) < 4.78 is 5.56. The van der Waals surface area contributed by atoms with Crippen LogP contribution in [0.2, 0.25) is 0 Å². The molecular weight excluding hydrogens is 300 g/mol. The van der Waals surface area contributed by atoms with Gasteiger partial charge in [0, 0.05) is 32.2 Å². The van der Waals surface area contributed by atoms with E-state index in [9.17, 15) is 4.79 Å². The topological polar surface area (TPSA) is 32.8 Å². The summed E-state index contributed by atoms with van der Waals surface area (Å²) in [5, 5.41) is 0. The SMILES string of the molecule is C[C@@H]1C[C@@H](N(C)C(=O)COCC2CC2)CCN1Cc1ccccc1. The maximum Gasteiger partial charge on any atom is 0.248 e. The summed E-state index contributed by atoms with van der Waals surface area (Å²) in [5.74, 6) is 0.841. The first-order valence-electron chi connectivity index (χ1n) is 9.25. The van der Waals surface area contributed by atoms with Gasteiger partial charge in [-0.1, -0.05) is 30.3 Å². The van der Waals surface area contributed by atoms with E-state index in [1.807, 2.05) is 11.9 Å². The number of benzene rings is 1. The third kappa shape index (κ3) is 4.81. The van der Waals surface area contributed by atoms with Crippen molar-refractivity contribution in [1.82, 2.24) is 9.80 Å². The van der Waals surface area contributed by atoms with Gasteiger partial charge >= 0.3 is 0 Å². The molecule has 0 bridgehead atoms. The lowest BCUT2D eigenvalue weighted by Crippen LogP contribution is -2.49. The van der Waals surface area contributed by atoms with Crippen LogP contribution in [0.25, 0.3) is 0 Å². The Morgan fingerprint density at radius 2 is 2.00 bits per heavy atom. The van der Waals surface area contributed by atoms with Gasteiger partial charge in [0.2, 0.25) is 5.91 Å². The predicted molar refractivity (Wildman–Crippen MR) is 95.6 cm³/mol. The van der Waals surface area contributed by atoms with Gasteiger partial charge in [0.15, 0.2) is 0 Å². The Morgan fingerprint density at radius 3 is 2.67 bits per heavy atom. The van der Waals surface area contributed by atoms with Crippen LogP contribution in [0.5, 0.6) is 0 Å². The Balaban J connectivity index is 1.44. The van der Waals surface area contributed by atoms with Crippen molar-refractivity contribution in [3.05, 3.63) is 35.9 Å². The molecule has 1 amide bonds. The second-order valence-corrected chi connectivity index (χ2v) is 7.45. The van der Waals surface area contributed by atoms with Gasteiger partial charge in [0.1, 0.15) is 6.61 Å². The van der Waals surface area contributed by atoms with Crippen molar-refractivity contribution in [3.63, 3.8) is 0 Å². The number of ether oxygens (including phenoxy) is 1. The number of piperidine rings is 1. The van der Waals surface area contributed by atoms with Crippen molar-refractivity contribution in [3.8, 4) is 0 Å². The molecule has 2 aliphatic rings. The van der Waals surface area contributed by atoms with Crippen molar-refractivity contribution in [2.45, 2.75) is 51.2 Å². The number of amides is 1. The Kier molecular flexibility index (Phi) is 5.90. The smallest absolute Gasteiger partial charge is 0.248 e. The quantitative estimate of drug-likeness (QED) is 0.771. The molecule has 0 radical (unpaired) electrons. The molecule has 1 aromatic carbocycles. The van der Waals surface area contributed by atoms with Gasteiger partial charge in [0.25, 0.3) is 0 Å². The van der Waals surface area contributed by atoms with Crippen LogP contribution in [-0.2, 0) is 16.1 Å². The fraction of sp³-hybridized carbons (Fsp3) is 0.650.